The fraction of sp³-hybridized carbons (Fsp3) is 0.318. The normalized spacial score (nSPS) is 13.1. The average Bonchev–Trinajstić information content (AvgIpc) is 2.66. The maximum Gasteiger partial charge on any atom is 0.252 e. The number of rotatable bonds is 8. The Hall–Kier alpha value is -2.66. The third-order valence-electron chi connectivity index (χ3n) is 4.14. The zero-order chi connectivity index (χ0) is 19.8. The fourth-order valence-corrected chi connectivity index (χ4v) is 2.56. The molecule has 2 atom stereocenters. The summed E-state index contributed by atoms with van der Waals surface area (Å²) in [5, 5.41) is 15.1. The molecule has 3 N–H and O–H groups in total. The first-order valence-electron chi connectivity index (χ1n) is 9.15. The molecule has 0 aromatic heterocycles. The fourth-order valence-electron chi connectivity index (χ4n) is 2.56. The standard InChI is InChI=1S/C22H27N2O3/c1-15(2)13-14-23-22(27)20(16(3)25)24-21(26)19-11-9-18(10-12-19)17-7-5-4-6-8-17/h4-12,14-16,20,25H,13H2,1-3H3,(H,23,27)(H,24,26)/t16-,20+/m1/s1. The van der Waals surface area contributed by atoms with Crippen molar-refractivity contribution in [1.29, 1.82) is 0 Å². The maximum absolute atomic E-state index is 12.5. The summed E-state index contributed by atoms with van der Waals surface area (Å²) in [5.41, 5.74) is 2.49. The van der Waals surface area contributed by atoms with Gasteiger partial charge in [0.15, 0.2) is 0 Å². The number of carbonyl (C=O) groups excluding carboxylic acids is 2. The number of hydrogen-bond donors (Lipinski definition) is 3. The van der Waals surface area contributed by atoms with E-state index < -0.39 is 24.0 Å². The van der Waals surface area contributed by atoms with Crippen molar-refractivity contribution in [3.63, 3.8) is 0 Å². The van der Waals surface area contributed by atoms with E-state index in [4.69, 9.17) is 0 Å². The summed E-state index contributed by atoms with van der Waals surface area (Å²) in [6.07, 6.45) is -0.294. The van der Waals surface area contributed by atoms with E-state index in [2.05, 4.69) is 10.6 Å². The predicted molar refractivity (Wildman–Crippen MR) is 107 cm³/mol. The second kappa shape index (κ2) is 9.88. The molecule has 0 spiro atoms. The van der Waals surface area contributed by atoms with E-state index >= 15 is 0 Å². The molecule has 0 unspecified atom stereocenters. The van der Waals surface area contributed by atoms with Gasteiger partial charge >= 0.3 is 0 Å². The van der Waals surface area contributed by atoms with Gasteiger partial charge in [-0.25, -0.2) is 0 Å². The highest BCUT2D eigenvalue weighted by Gasteiger charge is 2.25. The van der Waals surface area contributed by atoms with E-state index in [0.717, 1.165) is 11.1 Å². The van der Waals surface area contributed by atoms with Gasteiger partial charge in [-0.1, -0.05) is 56.3 Å². The van der Waals surface area contributed by atoms with Gasteiger partial charge in [0, 0.05) is 12.1 Å². The van der Waals surface area contributed by atoms with Crippen LogP contribution in [0.3, 0.4) is 0 Å². The van der Waals surface area contributed by atoms with Crippen molar-refractivity contribution in [2.45, 2.75) is 39.3 Å². The van der Waals surface area contributed by atoms with Crippen LogP contribution in [-0.4, -0.2) is 29.1 Å². The average molecular weight is 367 g/mol. The van der Waals surface area contributed by atoms with Crippen LogP contribution in [0.4, 0.5) is 0 Å². The molecule has 0 aliphatic carbocycles. The quantitative estimate of drug-likeness (QED) is 0.671. The molecule has 0 heterocycles. The van der Waals surface area contributed by atoms with E-state index in [1.807, 2.05) is 56.3 Å². The lowest BCUT2D eigenvalue weighted by Crippen LogP contribution is -2.52. The van der Waals surface area contributed by atoms with Crippen LogP contribution in [0.25, 0.3) is 11.1 Å². The Morgan fingerprint density at radius 2 is 1.56 bits per heavy atom. The first-order chi connectivity index (χ1) is 12.9. The molecule has 0 bridgehead atoms. The first-order valence-corrected chi connectivity index (χ1v) is 9.15. The molecule has 27 heavy (non-hydrogen) atoms. The lowest BCUT2D eigenvalue weighted by Gasteiger charge is -2.21. The van der Waals surface area contributed by atoms with Gasteiger partial charge < -0.3 is 15.7 Å². The van der Waals surface area contributed by atoms with Gasteiger partial charge in [-0.2, -0.15) is 0 Å². The number of amides is 2. The summed E-state index contributed by atoms with van der Waals surface area (Å²) < 4.78 is 0. The van der Waals surface area contributed by atoms with Crippen LogP contribution in [0.5, 0.6) is 0 Å². The highest BCUT2D eigenvalue weighted by atomic mass is 16.3. The molecule has 0 saturated heterocycles. The van der Waals surface area contributed by atoms with Crippen LogP contribution in [0.2, 0.25) is 0 Å². The van der Waals surface area contributed by atoms with Crippen molar-refractivity contribution in [3.8, 4) is 11.1 Å². The zero-order valence-corrected chi connectivity index (χ0v) is 16.0. The molecule has 143 valence electrons. The van der Waals surface area contributed by atoms with Crippen molar-refractivity contribution < 1.29 is 14.7 Å². The van der Waals surface area contributed by atoms with Crippen molar-refractivity contribution >= 4 is 11.8 Å². The summed E-state index contributed by atoms with van der Waals surface area (Å²) in [5.74, 6) is -0.424. The van der Waals surface area contributed by atoms with E-state index in [1.165, 1.54) is 6.92 Å². The Morgan fingerprint density at radius 3 is 2.11 bits per heavy atom. The number of hydrogen-bond acceptors (Lipinski definition) is 3. The highest BCUT2D eigenvalue weighted by molar-refractivity contribution is 5.98. The molecule has 2 aromatic rings. The molecular weight excluding hydrogens is 340 g/mol. The van der Waals surface area contributed by atoms with Gasteiger partial charge in [-0.3, -0.25) is 9.59 Å². The lowest BCUT2D eigenvalue weighted by molar-refractivity contribution is -0.124. The number of carbonyl (C=O) groups is 2. The van der Waals surface area contributed by atoms with E-state index in [-0.39, 0.29) is 0 Å². The van der Waals surface area contributed by atoms with Crippen LogP contribution in [0.15, 0.2) is 54.6 Å². The van der Waals surface area contributed by atoms with Gasteiger partial charge in [-0.05, 0) is 42.5 Å². The van der Waals surface area contributed by atoms with Gasteiger partial charge in [0.1, 0.15) is 6.04 Å². The third-order valence-corrected chi connectivity index (χ3v) is 4.14. The molecule has 2 amide bonds. The highest BCUT2D eigenvalue weighted by Crippen LogP contribution is 2.19. The number of aliphatic hydroxyl groups excluding tert-OH is 1. The van der Waals surface area contributed by atoms with Crippen LogP contribution in [0.1, 0.15) is 37.6 Å². The Morgan fingerprint density at radius 1 is 0.963 bits per heavy atom. The van der Waals surface area contributed by atoms with Crippen LogP contribution in [-0.2, 0) is 4.79 Å². The minimum absolute atomic E-state index is 0.403. The molecular formula is C22H27N2O3. The second-order valence-corrected chi connectivity index (χ2v) is 6.98. The predicted octanol–water partition coefficient (Wildman–Crippen LogP) is 3.16. The molecule has 0 fully saturated rings. The lowest BCUT2D eigenvalue weighted by atomic mass is 10.0. The van der Waals surface area contributed by atoms with Gasteiger partial charge in [0.2, 0.25) is 5.91 Å². The Labute approximate surface area is 160 Å². The van der Waals surface area contributed by atoms with Crippen molar-refractivity contribution in [2.24, 2.45) is 5.92 Å². The summed E-state index contributed by atoms with van der Waals surface area (Å²) in [6.45, 7) is 7.21. The number of aliphatic hydroxyl groups is 1. The Kier molecular flexibility index (Phi) is 7.55. The third kappa shape index (κ3) is 6.22. The molecule has 5 heteroatoms. The van der Waals surface area contributed by atoms with Crippen molar-refractivity contribution in [3.05, 3.63) is 66.7 Å². The molecule has 1 radical (unpaired) electrons. The van der Waals surface area contributed by atoms with E-state index in [0.29, 0.717) is 17.9 Å². The minimum atomic E-state index is -1.02. The Bertz CT molecular complexity index is 740. The van der Waals surface area contributed by atoms with Gasteiger partial charge in [0.25, 0.3) is 5.91 Å². The van der Waals surface area contributed by atoms with Gasteiger partial charge in [-0.15, -0.1) is 0 Å². The van der Waals surface area contributed by atoms with Gasteiger partial charge in [0.05, 0.1) is 6.10 Å². The number of nitrogens with one attached hydrogen (secondary N) is 2. The molecule has 2 rings (SSSR count). The molecule has 2 aromatic carbocycles. The topological polar surface area (TPSA) is 78.4 Å². The van der Waals surface area contributed by atoms with Crippen molar-refractivity contribution in [1.82, 2.24) is 10.6 Å². The molecule has 5 nitrogen and oxygen atoms in total. The monoisotopic (exact) mass is 367 g/mol. The summed E-state index contributed by atoms with van der Waals surface area (Å²) in [6, 6.07) is 16.0. The zero-order valence-electron chi connectivity index (χ0n) is 16.0. The van der Waals surface area contributed by atoms with E-state index in [9.17, 15) is 14.7 Å². The molecule has 0 saturated carbocycles. The van der Waals surface area contributed by atoms with Crippen LogP contribution < -0.4 is 10.6 Å². The van der Waals surface area contributed by atoms with E-state index in [1.54, 1.807) is 18.7 Å². The first kappa shape index (κ1) is 20.6. The van der Waals surface area contributed by atoms with Crippen LogP contribution >= 0.6 is 0 Å². The number of benzene rings is 2. The largest absolute Gasteiger partial charge is 0.391 e. The van der Waals surface area contributed by atoms with Crippen LogP contribution in [0, 0.1) is 12.5 Å². The Balaban J connectivity index is 2.01. The summed E-state index contributed by atoms with van der Waals surface area (Å²) in [4.78, 5) is 24.7. The second-order valence-electron chi connectivity index (χ2n) is 6.98. The molecule has 0 aliphatic heterocycles. The smallest absolute Gasteiger partial charge is 0.252 e. The summed E-state index contributed by atoms with van der Waals surface area (Å²) in [7, 11) is 0. The SMILES string of the molecule is CC(C)C[CH]NC(=O)[C@@H](NC(=O)c1ccc(-c2ccccc2)cc1)[C@@H](C)O. The summed E-state index contributed by atoms with van der Waals surface area (Å²) >= 11 is 0. The minimum Gasteiger partial charge on any atom is -0.391 e. The van der Waals surface area contributed by atoms with Crippen molar-refractivity contribution in [2.75, 3.05) is 0 Å². The molecule has 0 aliphatic rings. The maximum atomic E-state index is 12.5.